The molecular formula is C16H15BrN2O. The van der Waals surface area contributed by atoms with Gasteiger partial charge in [-0.05, 0) is 58.2 Å². The predicted octanol–water partition coefficient (Wildman–Crippen LogP) is 4.56. The van der Waals surface area contributed by atoms with Gasteiger partial charge in [-0.1, -0.05) is 13.0 Å². The first kappa shape index (κ1) is 13.2. The number of benzene rings is 2. The lowest BCUT2D eigenvalue weighted by molar-refractivity contribution is 0.412. The van der Waals surface area contributed by atoms with E-state index in [9.17, 15) is 0 Å². The van der Waals surface area contributed by atoms with Crippen molar-refractivity contribution in [2.75, 3.05) is 7.11 Å². The zero-order valence-corrected chi connectivity index (χ0v) is 13.0. The minimum Gasteiger partial charge on any atom is -0.496 e. The summed E-state index contributed by atoms with van der Waals surface area (Å²) in [6, 6.07) is 12.3. The smallest absolute Gasteiger partial charge is 0.138 e. The lowest BCUT2D eigenvalue weighted by Crippen LogP contribution is -1.86. The fourth-order valence-corrected chi connectivity index (χ4v) is 2.77. The van der Waals surface area contributed by atoms with Crippen LogP contribution in [-0.4, -0.2) is 17.1 Å². The van der Waals surface area contributed by atoms with Gasteiger partial charge in [0.2, 0.25) is 0 Å². The Morgan fingerprint density at radius 3 is 2.75 bits per heavy atom. The fourth-order valence-electron chi connectivity index (χ4n) is 2.23. The minimum absolute atomic E-state index is 0.818. The molecule has 1 heterocycles. The van der Waals surface area contributed by atoms with Gasteiger partial charge in [-0.3, -0.25) is 0 Å². The number of hydrogen-bond donors (Lipinski definition) is 1. The van der Waals surface area contributed by atoms with Crippen LogP contribution >= 0.6 is 15.9 Å². The summed E-state index contributed by atoms with van der Waals surface area (Å²) in [4.78, 5) is 8.02. The van der Waals surface area contributed by atoms with E-state index in [1.807, 2.05) is 18.2 Å². The fraction of sp³-hybridized carbons (Fsp3) is 0.188. The average Bonchev–Trinajstić information content (AvgIpc) is 2.89. The Labute approximate surface area is 126 Å². The van der Waals surface area contributed by atoms with Gasteiger partial charge in [0.15, 0.2) is 0 Å². The predicted molar refractivity (Wildman–Crippen MR) is 85.2 cm³/mol. The second-order valence-electron chi connectivity index (χ2n) is 4.64. The molecule has 0 bridgehead atoms. The second-order valence-corrected chi connectivity index (χ2v) is 5.49. The highest BCUT2D eigenvalue weighted by Gasteiger charge is 2.08. The lowest BCUT2D eigenvalue weighted by Gasteiger charge is -2.04. The summed E-state index contributed by atoms with van der Waals surface area (Å²) < 4.78 is 6.17. The van der Waals surface area contributed by atoms with Crippen LogP contribution in [0.25, 0.3) is 22.4 Å². The molecule has 0 saturated carbocycles. The van der Waals surface area contributed by atoms with Crippen molar-refractivity contribution in [2.24, 2.45) is 0 Å². The molecule has 0 amide bonds. The van der Waals surface area contributed by atoms with Gasteiger partial charge in [0, 0.05) is 5.56 Å². The molecule has 0 aliphatic carbocycles. The molecule has 0 fully saturated rings. The van der Waals surface area contributed by atoms with Gasteiger partial charge in [0.05, 0.1) is 22.6 Å². The Kier molecular flexibility index (Phi) is 3.49. The number of hydrogen-bond acceptors (Lipinski definition) is 2. The maximum Gasteiger partial charge on any atom is 0.138 e. The highest BCUT2D eigenvalue weighted by molar-refractivity contribution is 9.10. The monoisotopic (exact) mass is 330 g/mol. The van der Waals surface area contributed by atoms with Crippen molar-refractivity contribution in [3.8, 4) is 17.1 Å². The van der Waals surface area contributed by atoms with Gasteiger partial charge in [-0.2, -0.15) is 0 Å². The van der Waals surface area contributed by atoms with Crippen molar-refractivity contribution >= 4 is 27.0 Å². The first-order valence-corrected chi connectivity index (χ1v) is 7.33. The van der Waals surface area contributed by atoms with E-state index in [0.29, 0.717) is 0 Å². The summed E-state index contributed by atoms with van der Waals surface area (Å²) >= 11 is 3.50. The quantitative estimate of drug-likeness (QED) is 0.764. The summed E-state index contributed by atoms with van der Waals surface area (Å²) in [6.45, 7) is 2.15. The van der Waals surface area contributed by atoms with Gasteiger partial charge in [-0.15, -0.1) is 0 Å². The summed E-state index contributed by atoms with van der Waals surface area (Å²) in [5, 5.41) is 0. The zero-order chi connectivity index (χ0) is 14.1. The van der Waals surface area contributed by atoms with Gasteiger partial charge in [-0.25, -0.2) is 4.98 Å². The molecule has 3 nitrogen and oxygen atoms in total. The number of H-pyrrole nitrogens is 1. The molecule has 1 aromatic heterocycles. The molecule has 0 radical (unpaired) electrons. The molecule has 1 N–H and O–H groups in total. The van der Waals surface area contributed by atoms with Crippen LogP contribution in [-0.2, 0) is 6.42 Å². The molecule has 20 heavy (non-hydrogen) atoms. The summed E-state index contributed by atoms with van der Waals surface area (Å²) in [7, 11) is 1.66. The van der Waals surface area contributed by atoms with E-state index in [-0.39, 0.29) is 0 Å². The number of ether oxygens (including phenoxy) is 1. The van der Waals surface area contributed by atoms with Gasteiger partial charge >= 0.3 is 0 Å². The standard InChI is InChI=1S/C16H15BrN2O/c1-3-10-4-6-13-14(8-10)19-16(18-13)11-5-7-15(20-2)12(17)9-11/h4-9H,3H2,1-2H3,(H,18,19). The number of imidazole rings is 1. The Hall–Kier alpha value is -1.81. The highest BCUT2D eigenvalue weighted by Crippen LogP contribution is 2.30. The Morgan fingerprint density at radius 1 is 1.20 bits per heavy atom. The maximum atomic E-state index is 5.25. The van der Waals surface area contributed by atoms with E-state index in [4.69, 9.17) is 4.74 Å². The van der Waals surface area contributed by atoms with Crippen molar-refractivity contribution in [2.45, 2.75) is 13.3 Å². The minimum atomic E-state index is 0.818. The molecule has 2 aromatic carbocycles. The number of fused-ring (bicyclic) bond motifs is 1. The van der Waals surface area contributed by atoms with Crippen molar-refractivity contribution in [1.29, 1.82) is 0 Å². The Morgan fingerprint density at radius 2 is 2.05 bits per heavy atom. The lowest BCUT2D eigenvalue weighted by atomic mass is 10.1. The van der Waals surface area contributed by atoms with Gasteiger partial charge in [0.25, 0.3) is 0 Å². The molecular weight excluding hydrogens is 316 g/mol. The van der Waals surface area contributed by atoms with Crippen LogP contribution in [0.5, 0.6) is 5.75 Å². The summed E-state index contributed by atoms with van der Waals surface area (Å²) in [6.07, 6.45) is 1.03. The molecule has 102 valence electrons. The number of nitrogens with zero attached hydrogens (tertiary/aromatic N) is 1. The van der Waals surface area contributed by atoms with E-state index in [0.717, 1.165) is 39.1 Å². The molecule has 0 atom stereocenters. The zero-order valence-electron chi connectivity index (χ0n) is 11.4. The first-order chi connectivity index (χ1) is 9.71. The third-order valence-electron chi connectivity index (χ3n) is 3.38. The van der Waals surface area contributed by atoms with E-state index in [2.05, 4.69) is 51.0 Å². The van der Waals surface area contributed by atoms with Crippen LogP contribution < -0.4 is 4.74 Å². The summed E-state index contributed by atoms with van der Waals surface area (Å²) in [5.74, 6) is 1.69. The van der Waals surface area contributed by atoms with E-state index < -0.39 is 0 Å². The molecule has 0 spiro atoms. The first-order valence-electron chi connectivity index (χ1n) is 6.54. The molecule has 3 aromatic rings. The number of aromatic nitrogens is 2. The highest BCUT2D eigenvalue weighted by atomic mass is 79.9. The summed E-state index contributed by atoms with van der Waals surface area (Å²) in [5.41, 5.74) is 4.41. The molecule has 4 heteroatoms. The topological polar surface area (TPSA) is 37.9 Å². The number of aryl methyl sites for hydroxylation is 1. The van der Waals surface area contributed by atoms with Crippen LogP contribution in [0.3, 0.4) is 0 Å². The van der Waals surface area contributed by atoms with Crippen molar-refractivity contribution < 1.29 is 4.74 Å². The molecule has 0 saturated heterocycles. The molecule has 0 aliphatic heterocycles. The SMILES string of the molecule is CCc1ccc2nc(-c3ccc(OC)c(Br)c3)[nH]c2c1. The molecule has 0 aliphatic rings. The Bertz CT molecular complexity index is 764. The van der Waals surface area contributed by atoms with Crippen molar-refractivity contribution in [3.05, 3.63) is 46.4 Å². The van der Waals surface area contributed by atoms with E-state index in [1.165, 1.54) is 5.56 Å². The number of rotatable bonds is 3. The molecule has 0 unspecified atom stereocenters. The molecule has 3 rings (SSSR count). The largest absolute Gasteiger partial charge is 0.496 e. The number of nitrogens with one attached hydrogen (secondary N) is 1. The third-order valence-corrected chi connectivity index (χ3v) is 4.00. The number of methoxy groups -OCH3 is 1. The van der Waals surface area contributed by atoms with Crippen LogP contribution in [0.1, 0.15) is 12.5 Å². The van der Waals surface area contributed by atoms with Crippen LogP contribution in [0.4, 0.5) is 0 Å². The van der Waals surface area contributed by atoms with E-state index in [1.54, 1.807) is 7.11 Å². The Balaban J connectivity index is 2.07. The van der Waals surface area contributed by atoms with Crippen LogP contribution in [0, 0.1) is 0 Å². The number of aromatic amines is 1. The van der Waals surface area contributed by atoms with E-state index >= 15 is 0 Å². The maximum absolute atomic E-state index is 5.25. The van der Waals surface area contributed by atoms with Crippen LogP contribution in [0.2, 0.25) is 0 Å². The normalized spacial score (nSPS) is 10.9. The van der Waals surface area contributed by atoms with Crippen LogP contribution in [0.15, 0.2) is 40.9 Å². The van der Waals surface area contributed by atoms with Gasteiger partial charge in [0.1, 0.15) is 11.6 Å². The van der Waals surface area contributed by atoms with Crippen molar-refractivity contribution in [1.82, 2.24) is 9.97 Å². The van der Waals surface area contributed by atoms with Crippen molar-refractivity contribution in [3.63, 3.8) is 0 Å². The van der Waals surface area contributed by atoms with Gasteiger partial charge < -0.3 is 9.72 Å². The average molecular weight is 331 g/mol. The second kappa shape index (κ2) is 5.29. The number of halogens is 1. The third kappa shape index (κ3) is 2.31.